The Morgan fingerprint density at radius 2 is 1.83 bits per heavy atom. The van der Waals surface area contributed by atoms with Crippen molar-refractivity contribution in [2.75, 3.05) is 25.2 Å². The van der Waals surface area contributed by atoms with Crippen LogP contribution in [0.25, 0.3) is 0 Å². The van der Waals surface area contributed by atoms with Gasteiger partial charge in [0, 0.05) is 12.2 Å². The molecule has 0 heterocycles. The molecular formula is C13H24O4S. The van der Waals surface area contributed by atoms with Gasteiger partial charge >= 0.3 is 11.9 Å². The number of hydrogen-bond acceptors (Lipinski definition) is 5. The highest BCUT2D eigenvalue weighted by Gasteiger charge is 2.26. The van der Waals surface area contributed by atoms with Crippen molar-refractivity contribution >= 4 is 23.7 Å². The molecular weight excluding hydrogens is 252 g/mol. The summed E-state index contributed by atoms with van der Waals surface area (Å²) < 4.78 is 10.1. The zero-order chi connectivity index (χ0) is 14.0. The van der Waals surface area contributed by atoms with Gasteiger partial charge in [-0.3, -0.25) is 9.59 Å². The monoisotopic (exact) mass is 276 g/mol. The van der Waals surface area contributed by atoms with Crippen LogP contribution in [0, 0.1) is 5.41 Å². The molecule has 0 amide bonds. The van der Waals surface area contributed by atoms with Crippen LogP contribution in [0.5, 0.6) is 0 Å². The summed E-state index contributed by atoms with van der Waals surface area (Å²) in [4.78, 5) is 22.9. The number of carbonyl (C=O) groups excluding carboxylic acids is 2. The Labute approximate surface area is 114 Å². The van der Waals surface area contributed by atoms with E-state index in [0.29, 0.717) is 19.4 Å². The van der Waals surface area contributed by atoms with E-state index in [-0.39, 0.29) is 18.5 Å². The van der Waals surface area contributed by atoms with Crippen LogP contribution in [0.2, 0.25) is 0 Å². The number of thioether (sulfide) groups is 1. The van der Waals surface area contributed by atoms with E-state index in [1.54, 1.807) is 11.8 Å². The van der Waals surface area contributed by atoms with Crippen LogP contribution >= 0.6 is 11.8 Å². The molecule has 0 spiro atoms. The van der Waals surface area contributed by atoms with Gasteiger partial charge in [-0.15, -0.1) is 0 Å². The molecule has 0 fully saturated rings. The average molecular weight is 276 g/mol. The van der Waals surface area contributed by atoms with E-state index < -0.39 is 5.41 Å². The molecule has 0 N–H and O–H groups in total. The lowest BCUT2D eigenvalue weighted by atomic mass is 9.91. The van der Waals surface area contributed by atoms with E-state index in [0.717, 1.165) is 12.2 Å². The third-order valence-electron chi connectivity index (χ3n) is 2.75. The molecule has 0 radical (unpaired) electrons. The van der Waals surface area contributed by atoms with Crippen molar-refractivity contribution in [1.29, 1.82) is 0 Å². The summed E-state index contributed by atoms with van der Waals surface area (Å²) >= 11 is 1.63. The van der Waals surface area contributed by atoms with Gasteiger partial charge in [0.05, 0.1) is 12.0 Å². The van der Waals surface area contributed by atoms with Crippen molar-refractivity contribution in [1.82, 2.24) is 0 Å². The predicted octanol–water partition coefficient (Wildman–Crippen LogP) is 2.65. The second-order valence-electron chi connectivity index (χ2n) is 4.69. The summed E-state index contributed by atoms with van der Waals surface area (Å²) in [6.07, 6.45) is 3.52. The summed E-state index contributed by atoms with van der Waals surface area (Å²) in [5.41, 5.74) is -0.446. The summed E-state index contributed by atoms with van der Waals surface area (Å²) in [7, 11) is 0. The van der Waals surface area contributed by atoms with Crippen LogP contribution in [-0.4, -0.2) is 37.2 Å². The number of esters is 2. The molecule has 5 heteroatoms. The van der Waals surface area contributed by atoms with Crippen molar-refractivity contribution < 1.29 is 19.1 Å². The fraction of sp³-hybridized carbons (Fsp3) is 0.846. The Morgan fingerprint density at radius 1 is 1.17 bits per heavy atom. The van der Waals surface area contributed by atoms with Crippen LogP contribution in [0.3, 0.4) is 0 Å². The van der Waals surface area contributed by atoms with Crippen LogP contribution in [-0.2, 0) is 19.1 Å². The summed E-state index contributed by atoms with van der Waals surface area (Å²) in [6.45, 7) is 6.38. The zero-order valence-electron chi connectivity index (χ0n) is 11.8. The first-order valence-corrected chi connectivity index (χ1v) is 7.65. The molecule has 0 aromatic rings. The van der Waals surface area contributed by atoms with Crippen molar-refractivity contribution in [3.63, 3.8) is 0 Å². The van der Waals surface area contributed by atoms with E-state index in [1.165, 1.54) is 0 Å². The Morgan fingerprint density at radius 3 is 2.39 bits per heavy atom. The van der Waals surface area contributed by atoms with Gasteiger partial charge in [0.25, 0.3) is 0 Å². The third-order valence-corrected chi connectivity index (χ3v) is 3.32. The normalized spacial score (nSPS) is 11.1. The fourth-order valence-electron chi connectivity index (χ4n) is 1.03. The maximum absolute atomic E-state index is 11.6. The fourth-order valence-corrected chi connectivity index (χ4v) is 1.28. The molecule has 106 valence electrons. The Balaban J connectivity index is 3.62. The molecule has 4 nitrogen and oxygen atoms in total. The van der Waals surface area contributed by atoms with Crippen LogP contribution in [0.15, 0.2) is 0 Å². The molecule has 0 aliphatic heterocycles. The first kappa shape index (κ1) is 17.3. The number of hydrogen-bond donors (Lipinski definition) is 0. The van der Waals surface area contributed by atoms with E-state index in [4.69, 9.17) is 9.47 Å². The maximum Gasteiger partial charge on any atom is 0.311 e. The lowest BCUT2D eigenvalue weighted by Gasteiger charge is -2.20. The van der Waals surface area contributed by atoms with Crippen LogP contribution in [0.4, 0.5) is 0 Å². The first-order valence-electron chi connectivity index (χ1n) is 6.25. The highest BCUT2D eigenvalue weighted by atomic mass is 32.2. The van der Waals surface area contributed by atoms with Crippen LogP contribution in [0.1, 0.15) is 40.0 Å². The third kappa shape index (κ3) is 7.58. The highest BCUT2D eigenvalue weighted by Crippen LogP contribution is 2.21. The summed E-state index contributed by atoms with van der Waals surface area (Å²) in [5.74, 6) is 0.376. The standard InChI is InChI=1S/C13H24O4S/c1-5-13(2,3)12(15)17-8-6-7-11(14)16-9-10-18-4/h5-10H2,1-4H3. The smallest absolute Gasteiger partial charge is 0.311 e. The van der Waals surface area contributed by atoms with Gasteiger partial charge in [-0.05, 0) is 32.9 Å². The summed E-state index contributed by atoms with van der Waals surface area (Å²) in [6, 6.07) is 0. The van der Waals surface area contributed by atoms with E-state index in [9.17, 15) is 9.59 Å². The van der Waals surface area contributed by atoms with Gasteiger partial charge in [-0.1, -0.05) is 6.92 Å². The second-order valence-corrected chi connectivity index (χ2v) is 5.68. The minimum atomic E-state index is -0.446. The molecule has 0 unspecified atom stereocenters. The number of ether oxygens (including phenoxy) is 2. The molecule has 0 atom stereocenters. The average Bonchev–Trinajstić information content (AvgIpc) is 2.34. The quantitative estimate of drug-likeness (QED) is 0.478. The second kappa shape index (κ2) is 9.25. The molecule has 0 saturated carbocycles. The SMILES string of the molecule is CCC(C)(C)C(=O)OCCCC(=O)OCCSC. The van der Waals surface area contributed by atoms with Crippen molar-refractivity contribution in [3.8, 4) is 0 Å². The first-order chi connectivity index (χ1) is 8.44. The van der Waals surface area contributed by atoms with Crippen molar-refractivity contribution in [3.05, 3.63) is 0 Å². The molecule has 0 aromatic heterocycles. The molecule has 0 rings (SSSR count). The largest absolute Gasteiger partial charge is 0.465 e. The predicted molar refractivity (Wildman–Crippen MR) is 73.6 cm³/mol. The molecule has 18 heavy (non-hydrogen) atoms. The molecule has 0 aliphatic carbocycles. The lowest BCUT2D eigenvalue weighted by molar-refractivity contribution is -0.155. The van der Waals surface area contributed by atoms with Gasteiger partial charge in [0.1, 0.15) is 6.61 Å². The highest BCUT2D eigenvalue weighted by molar-refractivity contribution is 7.98. The Bertz CT molecular complexity index is 264. The van der Waals surface area contributed by atoms with Crippen molar-refractivity contribution in [2.24, 2.45) is 5.41 Å². The summed E-state index contributed by atoms with van der Waals surface area (Å²) in [5, 5.41) is 0. The molecule has 0 saturated heterocycles. The minimum Gasteiger partial charge on any atom is -0.465 e. The lowest BCUT2D eigenvalue weighted by Crippen LogP contribution is -2.26. The zero-order valence-corrected chi connectivity index (χ0v) is 12.6. The maximum atomic E-state index is 11.6. The van der Waals surface area contributed by atoms with Gasteiger partial charge in [-0.2, -0.15) is 11.8 Å². The van der Waals surface area contributed by atoms with Gasteiger partial charge in [0.15, 0.2) is 0 Å². The van der Waals surface area contributed by atoms with Gasteiger partial charge in [0.2, 0.25) is 0 Å². The topological polar surface area (TPSA) is 52.6 Å². The van der Waals surface area contributed by atoms with Crippen LogP contribution < -0.4 is 0 Å². The van der Waals surface area contributed by atoms with Gasteiger partial charge < -0.3 is 9.47 Å². The van der Waals surface area contributed by atoms with E-state index in [1.807, 2.05) is 27.0 Å². The molecule has 0 aromatic carbocycles. The minimum absolute atomic E-state index is 0.208. The van der Waals surface area contributed by atoms with Crippen molar-refractivity contribution in [2.45, 2.75) is 40.0 Å². The van der Waals surface area contributed by atoms with Gasteiger partial charge in [-0.25, -0.2) is 0 Å². The van der Waals surface area contributed by atoms with E-state index in [2.05, 4.69) is 0 Å². The molecule has 0 bridgehead atoms. The molecule has 0 aliphatic rings. The number of carbonyl (C=O) groups is 2. The number of rotatable bonds is 9. The Hall–Kier alpha value is -0.710. The Kier molecular flexibility index (Phi) is 8.89. The van der Waals surface area contributed by atoms with E-state index >= 15 is 0 Å².